The second kappa shape index (κ2) is 11.0. The van der Waals surface area contributed by atoms with E-state index in [9.17, 15) is 9.90 Å². The number of carboxylic acid groups (broad SMARTS) is 1. The summed E-state index contributed by atoms with van der Waals surface area (Å²) in [6.45, 7) is 10.5. The number of nitrogens with zero attached hydrogens (tertiary/aromatic N) is 5. The standard InChI is InChI=1S/C30H37N7O2/c1-20(2)37-19-32-25-26(31-16-21-10-12-23(13-11-21)22-8-6-5-7-9-22)34-29(35-27(25)37)33-24-14-15-36(17-24)18-30(3,4)28(38)39/h5-13,19-20,24H,14-18H2,1-4H3,(H,38,39)(H2,31,33,34,35)/t24-/m0/s1. The second-order valence-electron chi connectivity index (χ2n) is 11.3. The van der Waals surface area contributed by atoms with Crippen LogP contribution in [0.5, 0.6) is 0 Å². The molecule has 9 heteroatoms. The number of likely N-dealkylation sites (tertiary alicyclic amines) is 1. The van der Waals surface area contributed by atoms with Gasteiger partial charge in [0.15, 0.2) is 17.0 Å². The first-order chi connectivity index (χ1) is 18.7. The Morgan fingerprint density at radius 2 is 1.79 bits per heavy atom. The van der Waals surface area contributed by atoms with Crippen LogP contribution >= 0.6 is 0 Å². The minimum absolute atomic E-state index is 0.140. The van der Waals surface area contributed by atoms with E-state index >= 15 is 0 Å². The lowest BCUT2D eigenvalue weighted by molar-refractivity contribution is -0.147. The van der Waals surface area contributed by atoms with Gasteiger partial charge < -0.3 is 25.2 Å². The summed E-state index contributed by atoms with van der Waals surface area (Å²) in [4.78, 5) is 28.1. The van der Waals surface area contributed by atoms with Crippen LogP contribution in [0.3, 0.4) is 0 Å². The van der Waals surface area contributed by atoms with Crippen LogP contribution in [-0.2, 0) is 11.3 Å². The summed E-state index contributed by atoms with van der Waals surface area (Å²) >= 11 is 0. The molecule has 1 aliphatic heterocycles. The molecule has 1 aliphatic rings. The number of benzene rings is 2. The average molecular weight is 528 g/mol. The van der Waals surface area contributed by atoms with E-state index in [1.165, 1.54) is 11.1 Å². The van der Waals surface area contributed by atoms with Crippen LogP contribution in [0.4, 0.5) is 11.8 Å². The van der Waals surface area contributed by atoms with Gasteiger partial charge in [-0.1, -0.05) is 54.6 Å². The van der Waals surface area contributed by atoms with Crippen molar-refractivity contribution in [3.05, 3.63) is 66.5 Å². The van der Waals surface area contributed by atoms with E-state index in [4.69, 9.17) is 9.97 Å². The summed E-state index contributed by atoms with van der Waals surface area (Å²) in [5.74, 6) is 0.465. The van der Waals surface area contributed by atoms with Gasteiger partial charge in [0.05, 0.1) is 11.7 Å². The fourth-order valence-corrected chi connectivity index (χ4v) is 5.02. The van der Waals surface area contributed by atoms with Crippen molar-refractivity contribution in [3.63, 3.8) is 0 Å². The molecule has 0 saturated carbocycles. The molecule has 39 heavy (non-hydrogen) atoms. The minimum atomic E-state index is -0.787. The summed E-state index contributed by atoms with van der Waals surface area (Å²) < 4.78 is 2.05. The fraction of sp³-hybridized carbons (Fsp3) is 0.400. The maximum atomic E-state index is 11.6. The zero-order chi connectivity index (χ0) is 27.6. The van der Waals surface area contributed by atoms with Crippen LogP contribution in [0.2, 0.25) is 0 Å². The minimum Gasteiger partial charge on any atom is -0.481 e. The highest BCUT2D eigenvalue weighted by atomic mass is 16.4. The summed E-state index contributed by atoms with van der Waals surface area (Å²) in [5.41, 5.74) is 4.26. The third-order valence-electron chi connectivity index (χ3n) is 7.30. The van der Waals surface area contributed by atoms with E-state index in [1.807, 2.05) is 24.5 Å². The smallest absolute Gasteiger partial charge is 0.310 e. The zero-order valence-corrected chi connectivity index (χ0v) is 23.1. The molecule has 1 saturated heterocycles. The van der Waals surface area contributed by atoms with Gasteiger partial charge in [-0.15, -0.1) is 0 Å². The van der Waals surface area contributed by atoms with Gasteiger partial charge >= 0.3 is 5.97 Å². The number of hydrogen-bond acceptors (Lipinski definition) is 7. The Morgan fingerprint density at radius 3 is 2.49 bits per heavy atom. The maximum absolute atomic E-state index is 11.6. The van der Waals surface area contributed by atoms with Crippen LogP contribution in [-0.4, -0.2) is 61.2 Å². The molecule has 5 rings (SSSR count). The van der Waals surface area contributed by atoms with Crippen LogP contribution in [0, 0.1) is 5.41 Å². The molecule has 9 nitrogen and oxygen atoms in total. The highest BCUT2D eigenvalue weighted by Gasteiger charge is 2.33. The summed E-state index contributed by atoms with van der Waals surface area (Å²) in [7, 11) is 0. The van der Waals surface area contributed by atoms with Crippen LogP contribution in [0.25, 0.3) is 22.3 Å². The Hall–Kier alpha value is -3.98. The van der Waals surface area contributed by atoms with Crippen molar-refractivity contribution >= 4 is 28.9 Å². The Morgan fingerprint density at radius 1 is 1.08 bits per heavy atom. The van der Waals surface area contributed by atoms with Gasteiger partial charge in [-0.2, -0.15) is 9.97 Å². The number of anilines is 2. The van der Waals surface area contributed by atoms with Gasteiger partial charge in [0.1, 0.15) is 0 Å². The van der Waals surface area contributed by atoms with Crippen LogP contribution < -0.4 is 10.6 Å². The van der Waals surface area contributed by atoms with Gasteiger partial charge in [-0.25, -0.2) is 4.98 Å². The summed E-state index contributed by atoms with van der Waals surface area (Å²) in [5, 5.41) is 16.5. The molecule has 3 N–H and O–H groups in total. The third-order valence-corrected chi connectivity index (χ3v) is 7.30. The normalized spacial score (nSPS) is 16.2. The van der Waals surface area contributed by atoms with Gasteiger partial charge in [0, 0.05) is 38.3 Å². The highest BCUT2D eigenvalue weighted by molar-refractivity contribution is 5.84. The van der Waals surface area contributed by atoms with E-state index in [2.05, 4.69) is 75.3 Å². The Bertz CT molecular complexity index is 1430. The molecule has 4 aromatic rings. The number of carbonyl (C=O) groups is 1. The van der Waals surface area contributed by atoms with E-state index in [-0.39, 0.29) is 12.1 Å². The Balaban J connectivity index is 1.32. The number of imidazole rings is 1. The van der Waals surface area contributed by atoms with Gasteiger partial charge in [0.25, 0.3) is 0 Å². The number of aliphatic carboxylic acids is 1. The Kier molecular flexibility index (Phi) is 7.52. The molecule has 1 fully saturated rings. The van der Waals surface area contributed by atoms with E-state index in [0.29, 0.717) is 24.9 Å². The molecular weight excluding hydrogens is 490 g/mol. The van der Waals surface area contributed by atoms with Gasteiger partial charge in [-0.05, 0) is 50.8 Å². The quantitative estimate of drug-likeness (QED) is 0.256. The molecular formula is C30H37N7O2. The summed E-state index contributed by atoms with van der Waals surface area (Å²) in [6.07, 6.45) is 2.72. The zero-order valence-electron chi connectivity index (χ0n) is 23.1. The molecule has 0 radical (unpaired) electrons. The predicted molar refractivity (Wildman–Crippen MR) is 155 cm³/mol. The predicted octanol–water partition coefficient (Wildman–Crippen LogP) is 5.28. The van der Waals surface area contributed by atoms with E-state index in [1.54, 1.807) is 13.8 Å². The Labute approximate surface area is 229 Å². The first-order valence-corrected chi connectivity index (χ1v) is 13.5. The third kappa shape index (κ3) is 6.04. The number of carboxylic acids is 1. The van der Waals surface area contributed by atoms with Crippen molar-refractivity contribution in [3.8, 4) is 11.1 Å². The van der Waals surface area contributed by atoms with Crippen molar-refractivity contribution in [2.75, 3.05) is 30.3 Å². The topological polar surface area (TPSA) is 108 Å². The SMILES string of the molecule is CC(C)n1cnc2c(NCc3ccc(-c4ccccc4)cc3)nc(N[C@H]3CCN(CC(C)(C)C(=O)O)C3)nc21. The van der Waals surface area contributed by atoms with Gasteiger partial charge in [0.2, 0.25) is 5.95 Å². The number of hydrogen-bond donors (Lipinski definition) is 3. The fourth-order valence-electron chi connectivity index (χ4n) is 5.02. The van der Waals surface area contributed by atoms with Crippen molar-refractivity contribution in [1.29, 1.82) is 0 Å². The van der Waals surface area contributed by atoms with Gasteiger partial charge in [-0.3, -0.25) is 4.79 Å². The summed E-state index contributed by atoms with van der Waals surface area (Å²) in [6, 6.07) is 19.2. The molecule has 204 valence electrons. The molecule has 2 aromatic heterocycles. The molecule has 0 bridgehead atoms. The lowest BCUT2D eigenvalue weighted by Crippen LogP contribution is -2.39. The first-order valence-electron chi connectivity index (χ1n) is 13.5. The molecule has 0 aliphatic carbocycles. The van der Waals surface area contributed by atoms with Crippen molar-refractivity contribution in [2.45, 2.75) is 52.7 Å². The number of nitrogens with one attached hydrogen (secondary N) is 2. The van der Waals surface area contributed by atoms with Crippen molar-refractivity contribution in [1.82, 2.24) is 24.4 Å². The van der Waals surface area contributed by atoms with Crippen LogP contribution in [0.15, 0.2) is 60.9 Å². The first kappa shape index (κ1) is 26.6. The second-order valence-corrected chi connectivity index (χ2v) is 11.3. The van der Waals surface area contributed by atoms with E-state index in [0.717, 1.165) is 36.2 Å². The molecule has 0 unspecified atom stereocenters. The largest absolute Gasteiger partial charge is 0.481 e. The monoisotopic (exact) mass is 527 g/mol. The van der Waals surface area contributed by atoms with E-state index < -0.39 is 11.4 Å². The highest BCUT2D eigenvalue weighted by Crippen LogP contribution is 2.26. The number of aromatic nitrogens is 4. The molecule has 1 atom stereocenters. The molecule has 0 spiro atoms. The molecule has 0 amide bonds. The molecule has 2 aromatic carbocycles. The average Bonchev–Trinajstić information content (AvgIpc) is 3.54. The number of rotatable bonds is 10. The molecule has 3 heterocycles. The van der Waals surface area contributed by atoms with Crippen molar-refractivity contribution < 1.29 is 9.90 Å². The number of fused-ring (bicyclic) bond motifs is 1. The lowest BCUT2D eigenvalue weighted by atomic mass is 9.93. The maximum Gasteiger partial charge on any atom is 0.310 e. The lowest BCUT2D eigenvalue weighted by Gasteiger charge is -2.26. The van der Waals surface area contributed by atoms with Crippen molar-refractivity contribution in [2.24, 2.45) is 5.41 Å². The van der Waals surface area contributed by atoms with Crippen LogP contribution in [0.1, 0.15) is 45.7 Å².